The lowest BCUT2D eigenvalue weighted by Gasteiger charge is -2.63. The highest BCUT2D eigenvalue weighted by Gasteiger charge is 2.81. The fourth-order valence-electron chi connectivity index (χ4n) is 21.7. The second-order valence-electron chi connectivity index (χ2n) is 29.8. The van der Waals surface area contributed by atoms with Crippen molar-refractivity contribution < 1.29 is 105 Å². The van der Waals surface area contributed by atoms with E-state index < -0.39 is 204 Å². The molecule has 0 aliphatic heterocycles. The van der Waals surface area contributed by atoms with E-state index in [9.17, 15) is 74.4 Å². The van der Waals surface area contributed by atoms with E-state index >= 15 is 26.3 Å². The summed E-state index contributed by atoms with van der Waals surface area (Å²) < 4.78 is 102. The van der Waals surface area contributed by atoms with Crippen molar-refractivity contribution >= 4 is 41.0 Å². The number of carbonyl (C=O) groups excluding carboxylic acids is 5. The van der Waals surface area contributed by atoms with Crippen LogP contribution in [0.2, 0.25) is 0 Å². The van der Waals surface area contributed by atoms with Crippen LogP contribution >= 0.6 is 0 Å². The normalized spacial score (nSPS) is 52.7. The lowest BCUT2D eigenvalue weighted by Crippen LogP contribution is -2.71. The molecule has 0 aromatic rings. The third-order valence-corrected chi connectivity index (χ3v) is 26.4. The van der Waals surface area contributed by atoms with E-state index in [0.717, 1.165) is 18.2 Å². The summed E-state index contributed by atoms with van der Waals surface area (Å²) in [7, 11) is 0. The predicted molar refractivity (Wildman–Crippen MR) is 306 cm³/mol. The zero-order valence-electron chi connectivity index (χ0n) is 51.7. The minimum Gasteiger partial charge on any atom is -0.479 e. The maximum Gasteiger partial charge on any atom is 0.349 e. The molecule has 12 aliphatic rings. The molecule has 490 valence electrons. The molecule has 9 fully saturated rings. The third-order valence-electron chi connectivity index (χ3n) is 26.4. The van der Waals surface area contributed by atoms with Crippen LogP contribution in [0.25, 0.3) is 0 Å². The van der Waals surface area contributed by atoms with Crippen LogP contribution in [0.15, 0.2) is 71.4 Å². The largest absolute Gasteiger partial charge is 0.479 e. The summed E-state index contributed by atoms with van der Waals surface area (Å²) in [6.45, 7) is 14.9. The molecule has 6 unspecified atom stereocenters. The standard InChI is InChI=1S/C24H30F2O6.C22H28F2O5.C21H26F2O5/c1-5-19(29)32-24(20(30)31)12(2)8-14-15-10-17(25)16-9-13(27)6-7-21(16,3)23(15,26)18(28)11-22(14,24)4;1-11-6-13-14-8-16(23)15-7-12(26)4-5-19(15,2)21(14,24)17(27)9-20(13,3)22(11,29)18(28)10-25;1-10-6-12-13-8-15(22)14-7-11(24)4-5-18(14,2)20(13,23)16(25)9-19(12,3)21(10,28)17(26)27/h6-7,9,12,14-15,17-18,28H,5,8,10-11H2,1-4H3,(H,30,31);4-5,7,11,13-14,16-17,25,27,29H,6,8-10H2,1-3H3;4-5,7,10,12-13,15-16,25,28H,6,8-9H2,1-3H3,(H,26,27)/t12-,14?,15?,17+,18+,21+,22+,23+,24+;11-,13?,14?,16+,17+,19+,20+,21+,22+;10-,12?,13?,15+,16+,18+,19+,20+,21+/m111/s1. The molecule has 12 aliphatic carbocycles. The summed E-state index contributed by atoms with van der Waals surface area (Å²) in [6, 6.07) is 0. The van der Waals surface area contributed by atoms with E-state index in [4.69, 9.17) is 4.74 Å². The molecule has 0 spiro atoms. The van der Waals surface area contributed by atoms with Gasteiger partial charge < -0.3 is 45.6 Å². The minimum atomic E-state index is -2.30. The minimum absolute atomic E-state index is 0.0133. The van der Waals surface area contributed by atoms with Crippen molar-refractivity contribution in [1.29, 1.82) is 0 Å². The van der Waals surface area contributed by atoms with E-state index in [-0.39, 0.29) is 80.9 Å². The summed E-state index contributed by atoms with van der Waals surface area (Å²) in [5.74, 6) is -12.1. The fourth-order valence-corrected chi connectivity index (χ4v) is 21.7. The number of halogens is 6. The number of ether oxygens (including phenoxy) is 1. The first-order valence-corrected chi connectivity index (χ1v) is 31.2. The molecule has 0 aromatic heterocycles. The summed E-state index contributed by atoms with van der Waals surface area (Å²) >= 11 is 0. The SMILES string of the molecule is CCC(=O)O[C@]1(C(=O)O)[C@H](C)CC2C3C[C@H](F)C4=CC(=O)C=C[C@]4(C)[C@@]3(F)[C@@H](O)C[C@@]21C.C[C@@H]1CC2C3C[C@H](F)C4=CC(=O)C=C[C@]4(C)[C@@]3(F)[C@@H](O)C[C@]2(C)[C@@]1(O)C(=O)CO.C[C@@H]1CC2C3C[C@H](F)C4=CC(=O)C=C[C@]4(C)[C@@]3(F)[C@@H](O)C[C@]2(C)[C@@]1(O)C(=O)O. The van der Waals surface area contributed by atoms with Crippen LogP contribution in [-0.2, 0) is 38.3 Å². The van der Waals surface area contributed by atoms with Gasteiger partial charge in [-0.15, -0.1) is 0 Å². The van der Waals surface area contributed by atoms with Crippen molar-refractivity contribution in [2.24, 2.45) is 85.8 Å². The van der Waals surface area contributed by atoms with Gasteiger partial charge >= 0.3 is 17.9 Å². The monoisotopic (exact) mass is 1260 g/mol. The Morgan fingerprint density at radius 2 is 0.820 bits per heavy atom. The fraction of sp³-hybridized carbons (Fsp3) is 0.716. The predicted octanol–water partition coefficient (Wildman–Crippen LogP) is 7.54. The number of carboxylic acids is 2. The second-order valence-corrected chi connectivity index (χ2v) is 29.8. The first-order chi connectivity index (χ1) is 41.0. The number of alkyl halides is 6. The van der Waals surface area contributed by atoms with Crippen LogP contribution in [0.1, 0.15) is 133 Å². The summed E-state index contributed by atoms with van der Waals surface area (Å²) in [4.78, 5) is 84.8. The van der Waals surface area contributed by atoms with Gasteiger partial charge in [-0.3, -0.25) is 24.0 Å². The van der Waals surface area contributed by atoms with Gasteiger partial charge in [0.05, 0.1) is 18.3 Å². The van der Waals surface area contributed by atoms with Gasteiger partial charge in [0, 0.05) is 62.6 Å². The zero-order chi connectivity index (χ0) is 66.3. The van der Waals surface area contributed by atoms with E-state index in [1.165, 1.54) is 57.2 Å². The van der Waals surface area contributed by atoms with Crippen LogP contribution in [0.4, 0.5) is 26.3 Å². The summed E-state index contributed by atoms with van der Waals surface area (Å²) in [5.41, 5.74) is -21.0. The third kappa shape index (κ3) is 8.09. The van der Waals surface area contributed by atoms with Gasteiger partial charge in [-0.25, -0.2) is 35.9 Å². The van der Waals surface area contributed by atoms with Crippen molar-refractivity contribution in [3.63, 3.8) is 0 Å². The lowest BCUT2D eigenvalue weighted by molar-refractivity contribution is -0.237. The first-order valence-electron chi connectivity index (χ1n) is 31.2. The van der Waals surface area contributed by atoms with E-state index in [0.29, 0.717) is 0 Å². The Bertz CT molecular complexity index is 3270. The van der Waals surface area contributed by atoms with Gasteiger partial charge in [0.25, 0.3) is 0 Å². The maximum absolute atomic E-state index is 17.1. The van der Waals surface area contributed by atoms with Crippen LogP contribution < -0.4 is 0 Å². The van der Waals surface area contributed by atoms with Crippen LogP contribution in [0, 0.1) is 85.8 Å². The molecule has 27 atom stereocenters. The van der Waals surface area contributed by atoms with Crippen molar-refractivity contribution in [2.75, 3.05) is 6.61 Å². The Kier molecular flexibility index (Phi) is 15.7. The molecule has 0 saturated heterocycles. The highest BCUT2D eigenvalue weighted by molar-refractivity contribution is 6.03. The number of hydrogen-bond acceptors (Lipinski definition) is 14. The molecule has 0 radical (unpaired) electrons. The Labute approximate surface area is 512 Å². The molecule has 22 heteroatoms. The highest BCUT2D eigenvalue weighted by Crippen LogP contribution is 2.75. The van der Waals surface area contributed by atoms with Gasteiger partial charge in [0.15, 0.2) is 45.7 Å². The molecule has 8 N–H and O–H groups in total. The van der Waals surface area contributed by atoms with Crippen molar-refractivity contribution in [2.45, 2.75) is 204 Å². The molecule has 9 saturated carbocycles. The maximum atomic E-state index is 17.1. The van der Waals surface area contributed by atoms with Crippen molar-refractivity contribution in [3.8, 4) is 0 Å². The molecule has 16 nitrogen and oxygen atoms in total. The molecule has 0 amide bonds. The molecule has 0 bridgehead atoms. The number of carboxylic acid groups (broad SMARTS) is 2. The van der Waals surface area contributed by atoms with Gasteiger partial charge in [0.1, 0.15) is 30.7 Å². The Hall–Kier alpha value is -5.13. The van der Waals surface area contributed by atoms with Crippen molar-refractivity contribution in [3.05, 3.63) is 71.4 Å². The van der Waals surface area contributed by atoms with E-state index in [1.807, 2.05) is 0 Å². The van der Waals surface area contributed by atoms with Crippen LogP contribution in [0.3, 0.4) is 0 Å². The quantitative estimate of drug-likeness (QED) is 0.0941. The van der Waals surface area contributed by atoms with Crippen LogP contribution in [-0.4, -0.2) is 159 Å². The number of hydrogen-bond donors (Lipinski definition) is 8. The van der Waals surface area contributed by atoms with Crippen LogP contribution in [0.5, 0.6) is 0 Å². The Morgan fingerprint density at radius 3 is 1.15 bits per heavy atom. The molecule has 0 heterocycles. The highest BCUT2D eigenvalue weighted by atomic mass is 19.2. The molecular formula is C67H84F6O16. The molecular weight excluding hydrogens is 1170 g/mol. The number of aliphatic hydroxyl groups excluding tert-OH is 4. The number of Topliss-reactive ketones (excluding diaryl/α,β-unsaturated/α-hetero) is 1. The summed E-state index contributed by atoms with van der Waals surface area (Å²) in [5, 5.41) is 85.2. The molecule has 89 heavy (non-hydrogen) atoms. The van der Waals surface area contributed by atoms with Gasteiger partial charge in [-0.2, -0.15) is 0 Å². The lowest BCUT2D eigenvalue weighted by atomic mass is 9.44. The number of rotatable bonds is 6. The smallest absolute Gasteiger partial charge is 0.349 e. The number of aliphatic carboxylic acids is 2. The number of carbonyl (C=O) groups is 7. The summed E-state index contributed by atoms with van der Waals surface area (Å²) in [6.07, 6.45) is 0.694. The molecule has 0 aromatic carbocycles. The average molecular weight is 1260 g/mol. The number of esters is 1. The first kappa shape index (κ1) is 66.8. The number of aliphatic hydroxyl groups is 6. The van der Waals surface area contributed by atoms with E-state index in [2.05, 4.69) is 0 Å². The van der Waals surface area contributed by atoms with Gasteiger partial charge in [-0.05, 0) is 161 Å². The second kappa shape index (κ2) is 20.9. The van der Waals surface area contributed by atoms with E-state index in [1.54, 1.807) is 48.5 Å². The number of allylic oxidation sites excluding steroid dienone is 12. The number of fused-ring (bicyclic) bond motifs is 15. The van der Waals surface area contributed by atoms with Crippen molar-refractivity contribution in [1.82, 2.24) is 0 Å². The Balaban J connectivity index is 0.000000147. The topological polar surface area (TPSA) is 291 Å². The zero-order valence-corrected chi connectivity index (χ0v) is 51.7. The van der Waals surface area contributed by atoms with Gasteiger partial charge in [-0.1, -0.05) is 66.7 Å². The number of ketones is 4. The molecule has 12 rings (SSSR count). The van der Waals surface area contributed by atoms with Gasteiger partial charge in [0.2, 0.25) is 5.60 Å². The Morgan fingerprint density at radius 1 is 0.506 bits per heavy atom. The average Bonchev–Trinajstić information content (AvgIpc) is 1.63.